The molecular formula is C13H22N2O. The van der Waals surface area contributed by atoms with Gasteiger partial charge in [-0.2, -0.15) is 0 Å². The van der Waals surface area contributed by atoms with Gasteiger partial charge in [-0.15, -0.1) is 6.42 Å². The van der Waals surface area contributed by atoms with Gasteiger partial charge < -0.3 is 10.6 Å². The average molecular weight is 222 g/mol. The van der Waals surface area contributed by atoms with E-state index in [9.17, 15) is 4.79 Å². The lowest BCUT2D eigenvalue weighted by molar-refractivity contribution is -0.131. The number of carbonyl (C=O) groups is 1. The summed E-state index contributed by atoms with van der Waals surface area (Å²) in [4.78, 5) is 13.7. The highest BCUT2D eigenvalue weighted by Gasteiger charge is 2.26. The predicted octanol–water partition coefficient (Wildman–Crippen LogP) is 1.23. The minimum Gasteiger partial charge on any atom is -0.331 e. The Morgan fingerprint density at radius 1 is 1.62 bits per heavy atom. The Kier molecular flexibility index (Phi) is 5.34. The van der Waals surface area contributed by atoms with Gasteiger partial charge in [0, 0.05) is 13.0 Å². The third-order valence-corrected chi connectivity index (χ3v) is 3.06. The van der Waals surface area contributed by atoms with Crippen molar-refractivity contribution in [3.8, 4) is 12.3 Å². The largest absolute Gasteiger partial charge is 0.331 e. The Morgan fingerprint density at radius 2 is 2.31 bits per heavy atom. The van der Waals surface area contributed by atoms with Gasteiger partial charge in [0.05, 0.1) is 6.54 Å². The van der Waals surface area contributed by atoms with Crippen molar-refractivity contribution < 1.29 is 4.79 Å². The minimum atomic E-state index is 0.185. The van der Waals surface area contributed by atoms with Crippen LogP contribution in [-0.2, 0) is 4.79 Å². The van der Waals surface area contributed by atoms with Crippen molar-refractivity contribution in [2.24, 2.45) is 17.6 Å². The van der Waals surface area contributed by atoms with Crippen LogP contribution in [0.4, 0.5) is 0 Å². The standard InChI is InChI=1S/C13H22N2O/c1-3-8-15(10-12-5-6-12)13(16)7-4-11(2)9-14/h1,11-12H,4-10,14H2,2H3. The molecule has 1 unspecified atom stereocenters. The maximum atomic E-state index is 11.9. The predicted molar refractivity (Wildman–Crippen MR) is 65.6 cm³/mol. The highest BCUT2D eigenvalue weighted by molar-refractivity contribution is 5.76. The van der Waals surface area contributed by atoms with Gasteiger partial charge in [-0.25, -0.2) is 0 Å². The maximum absolute atomic E-state index is 11.9. The molecule has 0 bridgehead atoms. The number of terminal acetylenes is 1. The second-order valence-corrected chi connectivity index (χ2v) is 4.80. The molecule has 0 saturated heterocycles. The van der Waals surface area contributed by atoms with Crippen LogP contribution >= 0.6 is 0 Å². The number of carbonyl (C=O) groups excluding carboxylic acids is 1. The molecule has 0 aliphatic heterocycles. The van der Waals surface area contributed by atoms with Crippen molar-refractivity contribution >= 4 is 5.91 Å². The summed E-state index contributed by atoms with van der Waals surface area (Å²) in [6.07, 6.45) is 9.21. The Hall–Kier alpha value is -1.01. The summed E-state index contributed by atoms with van der Waals surface area (Å²) in [6, 6.07) is 0. The van der Waals surface area contributed by atoms with Crippen molar-refractivity contribution in [2.45, 2.75) is 32.6 Å². The number of hydrogen-bond donors (Lipinski definition) is 1. The monoisotopic (exact) mass is 222 g/mol. The molecule has 1 fully saturated rings. The normalized spacial score (nSPS) is 16.6. The first-order valence-corrected chi connectivity index (χ1v) is 6.08. The summed E-state index contributed by atoms with van der Waals surface area (Å²) in [5.41, 5.74) is 5.53. The zero-order valence-corrected chi connectivity index (χ0v) is 10.1. The molecule has 0 heterocycles. The van der Waals surface area contributed by atoms with Gasteiger partial charge in [0.25, 0.3) is 0 Å². The first-order chi connectivity index (χ1) is 7.67. The molecule has 0 aromatic carbocycles. The van der Waals surface area contributed by atoms with Crippen molar-refractivity contribution in [1.82, 2.24) is 4.90 Å². The van der Waals surface area contributed by atoms with Crippen LogP contribution in [0.5, 0.6) is 0 Å². The van der Waals surface area contributed by atoms with Crippen LogP contribution < -0.4 is 5.73 Å². The molecule has 90 valence electrons. The van der Waals surface area contributed by atoms with Gasteiger partial charge in [-0.1, -0.05) is 12.8 Å². The lowest BCUT2D eigenvalue weighted by Crippen LogP contribution is -2.33. The maximum Gasteiger partial charge on any atom is 0.223 e. The number of amides is 1. The molecule has 1 atom stereocenters. The number of nitrogens with two attached hydrogens (primary N) is 1. The summed E-state index contributed by atoms with van der Waals surface area (Å²) in [5, 5.41) is 0. The molecule has 0 spiro atoms. The smallest absolute Gasteiger partial charge is 0.223 e. The van der Waals surface area contributed by atoms with E-state index in [-0.39, 0.29) is 5.91 Å². The van der Waals surface area contributed by atoms with E-state index in [0.717, 1.165) is 13.0 Å². The highest BCUT2D eigenvalue weighted by atomic mass is 16.2. The second-order valence-electron chi connectivity index (χ2n) is 4.80. The van der Waals surface area contributed by atoms with Gasteiger partial charge >= 0.3 is 0 Å². The zero-order valence-electron chi connectivity index (χ0n) is 10.1. The summed E-state index contributed by atoms with van der Waals surface area (Å²) < 4.78 is 0. The van der Waals surface area contributed by atoms with Crippen LogP contribution in [0.3, 0.4) is 0 Å². The highest BCUT2D eigenvalue weighted by Crippen LogP contribution is 2.29. The molecule has 0 aromatic rings. The molecular weight excluding hydrogens is 200 g/mol. The lowest BCUT2D eigenvalue weighted by atomic mass is 10.1. The average Bonchev–Trinajstić information content (AvgIpc) is 3.08. The van der Waals surface area contributed by atoms with E-state index in [2.05, 4.69) is 12.8 Å². The Bertz CT molecular complexity index is 266. The van der Waals surface area contributed by atoms with Crippen molar-refractivity contribution in [3.05, 3.63) is 0 Å². The van der Waals surface area contributed by atoms with Crippen molar-refractivity contribution in [2.75, 3.05) is 19.6 Å². The fourth-order valence-electron chi connectivity index (χ4n) is 1.62. The molecule has 1 aliphatic rings. The third-order valence-electron chi connectivity index (χ3n) is 3.06. The van der Waals surface area contributed by atoms with Gasteiger partial charge in [0.1, 0.15) is 0 Å². The van der Waals surface area contributed by atoms with E-state index in [0.29, 0.717) is 31.3 Å². The lowest BCUT2D eigenvalue weighted by Gasteiger charge is -2.20. The van der Waals surface area contributed by atoms with Gasteiger partial charge in [-0.05, 0) is 37.6 Å². The Labute approximate surface area is 98.4 Å². The van der Waals surface area contributed by atoms with E-state index >= 15 is 0 Å². The molecule has 0 radical (unpaired) electrons. The van der Waals surface area contributed by atoms with Crippen LogP contribution in [0.1, 0.15) is 32.6 Å². The van der Waals surface area contributed by atoms with Gasteiger partial charge in [0.15, 0.2) is 0 Å². The van der Waals surface area contributed by atoms with E-state index < -0.39 is 0 Å². The van der Waals surface area contributed by atoms with Crippen LogP contribution in [0.2, 0.25) is 0 Å². The van der Waals surface area contributed by atoms with Crippen LogP contribution in [0.15, 0.2) is 0 Å². The topological polar surface area (TPSA) is 46.3 Å². The summed E-state index contributed by atoms with van der Waals surface area (Å²) >= 11 is 0. The Balaban J connectivity index is 2.31. The molecule has 1 saturated carbocycles. The SMILES string of the molecule is C#CCN(CC1CC1)C(=O)CCC(C)CN. The zero-order chi connectivity index (χ0) is 12.0. The van der Waals surface area contributed by atoms with Crippen molar-refractivity contribution in [3.63, 3.8) is 0 Å². The van der Waals surface area contributed by atoms with Crippen molar-refractivity contribution in [1.29, 1.82) is 0 Å². The molecule has 3 nitrogen and oxygen atoms in total. The third kappa shape index (κ3) is 4.67. The molecule has 3 heteroatoms. The molecule has 2 N–H and O–H groups in total. The van der Waals surface area contributed by atoms with E-state index in [1.54, 1.807) is 0 Å². The van der Waals surface area contributed by atoms with Crippen LogP contribution in [0, 0.1) is 24.2 Å². The quantitative estimate of drug-likeness (QED) is 0.659. The fraction of sp³-hybridized carbons (Fsp3) is 0.769. The molecule has 1 aliphatic carbocycles. The minimum absolute atomic E-state index is 0.185. The fourth-order valence-corrected chi connectivity index (χ4v) is 1.62. The Morgan fingerprint density at radius 3 is 2.81 bits per heavy atom. The van der Waals surface area contributed by atoms with Gasteiger partial charge in [0.2, 0.25) is 5.91 Å². The summed E-state index contributed by atoms with van der Waals surface area (Å²) in [5.74, 6) is 3.86. The first-order valence-electron chi connectivity index (χ1n) is 6.08. The van der Waals surface area contributed by atoms with E-state index in [1.165, 1.54) is 12.8 Å². The van der Waals surface area contributed by atoms with Gasteiger partial charge in [-0.3, -0.25) is 4.79 Å². The molecule has 1 rings (SSSR count). The first kappa shape index (κ1) is 13.1. The van der Waals surface area contributed by atoms with E-state index in [4.69, 9.17) is 12.2 Å². The number of hydrogen-bond acceptors (Lipinski definition) is 2. The van der Waals surface area contributed by atoms with Crippen LogP contribution in [-0.4, -0.2) is 30.4 Å². The second kappa shape index (κ2) is 6.55. The summed E-state index contributed by atoms with van der Waals surface area (Å²) in [7, 11) is 0. The van der Waals surface area contributed by atoms with Crippen LogP contribution in [0.25, 0.3) is 0 Å². The molecule has 1 amide bonds. The number of rotatable bonds is 7. The van der Waals surface area contributed by atoms with E-state index in [1.807, 2.05) is 4.90 Å². The molecule has 16 heavy (non-hydrogen) atoms. The number of nitrogens with zero attached hydrogens (tertiary/aromatic N) is 1. The summed E-state index contributed by atoms with van der Waals surface area (Å²) in [6.45, 7) is 4.01. The molecule has 0 aromatic heterocycles.